The van der Waals surface area contributed by atoms with Crippen LogP contribution in [0.3, 0.4) is 0 Å². The van der Waals surface area contributed by atoms with E-state index in [1.54, 1.807) is 6.33 Å². The Morgan fingerprint density at radius 1 is 1.50 bits per heavy atom. The SMILES string of the molecule is CNc1cc2nc(C)cn2cn1. The van der Waals surface area contributed by atoms with Crippen LogP contribution >= 0.6 is 0 Å². The molecule has 2 aromatic heterocycles. The van der Waals surface area contributed by atoms with Crippen LogP contribution in [-0.2, 0) is 0 Å². The van der Waals surface area contributed by atoms with Crippen LogP contribution in [0.2, 0.25) is 0 Å². The van der Waals surface area contributed by atoms with Gasteiger partial charge in [-0.25, -0.2) is 9.97 Å². The number of nitrogens with one attached hydrogen (secondary N) is 1. The first-order chi connectivity index (χ1) is 5.79. The maximum atomic E-state index is 4.30. The first-order valence-electron chi connectivity index (χ1n) is 3.79. The number of hydrogen-bond acceptors (Lipinski definition) is 3. The van der Waals surface area contributed by atoms with Crippen molar-refractivity contribution in [2.75, 3.05) is 12.4 Å². The van der Waals surface area contributed by atoms with Gasteiger partial charge in [0, 0.05) is 19.3 Å². The van der Waals surface area contributed by atoms with Gasteiger partial charge >= 0.3 is 0 Å². The van der Waals surface area contributed by atoms with Crippen LogP contribution in [0.5, 0.6) is 0 Å². The lowest BCUT2D eigenvalue weighted by Crippen LogP contribution is -1.94. The van der Waals surface area contributed by atoms with Crippen molar-refractivity contribution in [2.45, 2.75) is 6.92 Å². The smallest absolute Gasteiger partial charge is 0.141 e. The average molecular weight is 162 g/mol. The minimum Gasteiger partial charge on any atom is -0.373 e. The molecule has 0 aliphatic heterocycles. The van der Waals surface area contributed by atoms with Crippen molar-refractivity contribution < 1.29 is 0 Å². The number of rotatable bonds is 1. The second kappa shape index (κ2) is 2.48. The highest BCUT2D eigenvalue weighted by molar-refractivity contribution is 5.49. The van der Waals surface area contributed by atoms with Gasteiger partial charge in [-0.2, -0.15) is 0 Å². The zero-order valence-electron chi connectivity index (χ0n) is 7.07. The fraction of sp³-hybridized carbons (Fsp3) is 0.250. The predicted octanol–water partition coefficient (Wildman–Crippen LogP) is 1.08. The number of hydrogen-bond donors (Lipinski definition) is 1. The van der Waals surface area contributed by atoms with Crippen molar-refractivity contribution in [3.8, 4) is 0 Å². The zero-order valence-corrected chi connectivity index (χ0v) is 7.07. The van der Waals surface area contributed by atoms with Crippen LogP contribution in [0.25, 0.3) is 5.65 Å². The molecule has 2 rings (SSSR count). The highest BCUT2D eigenvalue weighted by Crippen LogP contribution is 2.07. The van der Waals surface area contributed by atoms with Crippen molar-refractivity contribution in [1.29, 1.82) is 0 Å². The van der Waals surface area contributed by atoms with Crippen molar-refractivity contribution in [2.24, 2.45) is 0 Å². The fourth-order valence-corrected chi connectivity index (χ4v) is 1.15. The summed E-state index contributed by atoms with van der Waals surface area (Å²) in [6.45, 7) is 1.96. The van der Waals surface area contributed by atoms with Crippen LogP contribution in [-0.4, -0.2) is 21.4 Å². The van der Waals surface area contributed by atoms with Crippen molar-refractivity contribution in [3.05, 3.63) is 24.3 Å². The van der Waals surface area contributed by atoms with Crippen LogP contribution < -0.4 is 5.32 Å². The minimum atomic E-state index is 0.841. The average Bonchev–Trinajstić information content (AvgIpc) is 2.43. The molecule has 0 saturated heterocycles. The van der Waals surface area contributed by atoms with Gasteiger partial charge in [-0.1, -0.05) is 0 Å². The lowest BCUT2D eigenvalue weighted by Gasteiger charge is -1.97. The molecule has 1 N–H and O–H groups in total. The Kier molecular flexibility index (Phi) is 1.46. The molecule has 2 aromatic rings. The Morgan fingerprint density at radius 2 is 2.33 bits per heavy atom. The molecule has 0 atom stereocenters. The second-order valence-electron chi connectivity index (χ2n) is 2.67. The number of imidazole rings is 1. The molecule has 0 bridgehead atoms. The van der Waals surface area contributed by atoms with Gasteiger partial charge < -0.3 is 5.32 Å². The first kappa shape index (κ1) is 7.09. The van der Waals surface area contributed by atoms with E-state index in [9.17, 15) is 0 Å². The van der Waals surface area contributed by atoms with E-state index < -0.39 is 0 Å². The third-order valence-electron chi connectivity index (χ3n) is 1.72. The summed E-state index contributed by atoms with van der Waals surface area (Å²) < 4.78 is 1.90. The topological polar surface area (TPSA) is 42.2 Å². The van der Waals surface area contributed by atoms with Crippen molar-refractivity contribution in [1.82, 2.24) is 14.4 Å². The maximum Gasteiger partial charge on any atom is 0.141 e. The molecule has 0 unspecified atom stereocenters. The Hall–Kier alpha value is -1.58. The summed E-state index contributed by atoms with van der Waals surface area (Å²) in [5, 5.41) is 2.96. The van der Waals surface area contributed by atoms with Crippen molar-refractivity contribution >= 4 is 11.5 Å². The van der Waals surface area contributed by atoms with Crippen LogP contribution in [0.4, 0.5) is 5.82 Å². The van der Waals surface area contributed by atoms with Gasteiger partial charge in [-0.3, -0.25) is 4.40 Å². The molecule has 0 spiro atoms. The van der Waals surface area contributed by atoms with E-state index in [1.165, 1.54) is 0 Å². The molecule has 4 heteroatoms. The molecule has 2 heterocycles. The Morgan fingerprint density at radius 3 is 3.08 bits per heavy atom. The molecule has 0 aromatic carbocycles. The normalized spacial score (nSPS) is 10.5. The Bertz CT molecular complexity index is 404. The summed E-state index contributed by atoms with van der Waals surface area (Å²) in [4.78, 5) is 8.46. The van der Waals surface area contributed by atoms with Gasteiger partial charge in [0.1, 0.15) is 17.8 Å². The largest absolute Gasteiger partial charge is 0.373 e. The summed E-state index contributed by atoms with van der Waals surface area (Å²) in [5.74, 6) is 0.841. The standard InChI is InChI=1S/C8H10N4/c1-6-4-12-5-10-7(9-2)3-8(12)11-6/h3-5,9H,1-2H3. The van der Waals surface area contributed by atoms with Crippen molar-refractivity contribution in [3.63, 3.8) is 0 Å². The zero-order chi connectivity index (χ0) is 8.55. The first-order valence-corrected chi connectivity index (χ1v) is 3.79. The fourth-order valence-electron chi connectivity index (χ4n) is 1.15. The van der Waals surface area contributed by atoms with E-state index in [0.29, 0.717) is 0 Å². The Balaban J connectivity index is 2.66. The number of aryl methyl sites for hydroxylation is 1. The van der Waals surface area contributed by atoms with E-state index in [4.69, 9.17) is 0 Å². The van der Waals surface area contributed by atoms with E-state index >= 15 is 0 Å². The monoisotopic (exact) mass is 162 g/mol. The molecule has 0 fully saturated rings. The highest BCUT2D eigenvalue weighted by Gasteiger charge is 1.97. The van der Waals surface area contributed by atoms with E-state index in [-0.39, 0.29) is 0 Å². The van der Waals surface area contributed by atoms with Gasteiger partial charge in [0.25, 0.3) is 0 Å². The summed E-state index contributed by atoms with van der Waals surface area (Å²) in [5.41, 5.74) is 1.93. The minimum absolute atomic E-state index is 0.841. The quantitative estimate of drug-likeness (QED) is 0.682. The van der Waals surface area contributed by atoms with E-state index in [2.05, 4.69) is 15.3 Å². The van der Waals surface area contributed by atoms with Gasteiger partial charge in [0.05, 0.1) is 5.69 Å². The second-order valence-corrected chi connectivity index (χ2v) is 2.67. The molecular formula is C8H10N4. The predicted molar refractivity (Wildman–Crippen MR) is 47.3 cm³/mol. The molecule has 0 aliphatic rings. The van der Waals surface area contributed by atoms with E-state index in [0.717, 1.165) is 17.2 Å². The summed E-state index contributed by atoms with van der Waals surface area (Å²) in [6, 6.07) is 1.91. The molecule has 12 heavy (non-hydrogen) atoms. The molecule has 4 nitrogen and oxygen atoms in total. The molecule has 0 amide bonds. The summed E-state index contributed by atoms with van der Waals surface area (Å²) >= 11 is 0. The highest BCUT2D eigenvalue weighted by atomic mass is 15.1. The number of anilines is 1. The van der Waals surface area contributed by atoms with Gasteiger partial charge in [0.2, 0.25) is 0 Å². The number of fused-ring (bicyclic) bond motifs is 1. The lowest BCUT2D eigenvalue weighted by molar-refractivity contribution is 1.08. The summed E-state index contributed by atoms with van der Waals surface area (Å²) in [6.07, 6.45) is 3.70. The molecular weight excluding hydrogens is 152 g/mol. The Labute approximate surface area is 70.3 Å². The molecule has 0 aliphatic carbocycles. The molecule has 0 radical (unpaired) electrons. The number of nitrogens with zero attached hydrogens (tertiary/aromatic N) is 3. The van der Waals surface area contributed by atoms with Gasteiger partial charge in [-0.05, 0) is 6.92 Å². The van der Waals surface area contributed by atoms with Gasteiger partial charge in [-0.15, -0.1) is 0 Å². The van der Waals surface area contributed by atoms with Crippen LogP contribution in [0.15, 0.2) is 18.6 Å². The third kappa shape index (κ3) is 1.01. The molecule has 0 saturated carbocycles. The maximum absolute atomic E-state index is 4.30. The third-order valence-corrected chi connectivity index (χ3v) is 1.72. The van der Waals surface area contributed by atoms with E-state index in [1.807, 2.05) is 30.6 Å². The van der Waals surface area contributed by atoms with Crippen LogP contribution in [0.1, 0.15) is 5.69 Å². The van der Waals surface area contributed by atoms with Gasteiger partial charge in [0.15, 0.2) is 0 Å². The molecule has 62 valence electrons. The van der Waals surface area contributed by atoms with Crippen LogP contribution in [0, 0.1) is 6.92 Å². The number of aromatic nitrogens is 3. The summed E-state index contributed by atoms with van der Waals surface area (Å²) in [7, 11) is 1.84. The lowest BCUT2D eigenvalue weighted by atomic mass is 10.5.